The second kappa shape index (κ2) is 27.6. The van der Waals surface area contributed by atoms with Gasteiger partial charge in [0.15, 0.2) is 0 Å². The van der Waals surface area contributed by atoms with Crippen molar-refractivity contribution < 1.29 is 54.5 Å². The minimum absolute atomic E-state index is 0. The van der Waals surface area contributed by atoms with E-state index in [1.54, 1.807) is 13.8 Å². The van der Waals surface area contributed by atoms with Crippen LogP contribution in [0.2, 0.25) is 0 Å². The van der Waals surface area contributed by atoms with Crippen LogP contribution in [0.5, 0.6) is 0 Å². The fourth-order valence-corrected chi connectivity index (χ4v) is 3.13. The molecule has 12 nitrogen and oxygen atoms in total. The number of rotatable bonds is 7. The number of carboxylic acids is 1. The SMILES string of the molecule is C#C.CC(=O)[O-].CCOP(=O)([O-])OCC.CCn1cc[n+](C)c1.CCn1cc[n+](C)c1.CCn1cc[n+](C)c1.[Cl-]. The van der Waals surface area contributed by atoms with Crippen molar-refractivity contribution in [2.45, 2.75) is 61.2 Å². The summed E-state index contributed by atoms with van der Waals surface area (Å²) in [4.78, 5) is 19.3. The second-order valence-corrected chi connectivity index (χ2v) is 8.91. The maximum atomic E-state index is 10.4. The molecule has 0 radical (unpaired) electrons. The van der Waals surface area contributed by atoms with E-state index in [9.17, 15) is 9.46 Å². The Morgan fingerprint density at radius 1 is 0.750 bits per heavy atom. The maximum Gasteiger partial charge on any atom is 0.267 e. The predicted molar refractivity (Wildman–Crippen MR) is 145 cm³/mol. The van der Waals surface area contributed by atoms with E-state index in [0.29, 0.717) is 0 Å². The van der Waals surface area contributed by atoms with Gasteiger partial charge in [-0.1, -0.05) is 0 Å². The molecule has 0 aliphatic heterocycles. The molecule has 0 atom stereocenters. The predicted octanol–water partition coefficient (Wildman–Crippen LogP) is -2.47. The zero-order valence-electron chi connectivity index (χ0n) is 25.3. The highest BCUT2D eigenvalue weighted by atomic mass is 35.5. The topological polar surface area (TPSA) is 125 Å². The number of aryl methyl sites for hydroxylation is 6. The van der Waals surface area contributed by atoms with Crippen LogP contribution in [0.15, 0.2) is 56.2 Å². The van der Waals surface area contributed by atoms with Crippen LogP contribution in [0.1, 0.15) is 41.5 Å². The lowest BCUT2D eigenvalue weighted by molar-refractivity contribution is -0.671. The summed E-state index contributed by atoms with van der Waals surface area (Å²) < 4.78 is 31.4. The lowest BCUT2D eigenvalue weighted by Gasteiger charge is -2.20. The monoisotopic (exact) mass is 606 g/mol. The van der Waals surface area contributed by atoms with E-state index in [1.165, 1.54) is 0 Å². The molecule has 0 N–H and O–H groups in total. The zero-order valence-corrected chi connectivity index (χ0v) is 27.0. The average molecular weight is 607 g/mol. The summed E-state index contributed by atoms with van der Waals surface area (Å²) >= 11 is 0. The Morgan fingerprint density at radius 2 is 0.975 bits per heavy atom. The summed E-state index contributed by atoms with van der Waals surface area (Å²) in [6.45, 7) is 13.9. The van der Waals surface area contributed by atoms with Crippen molar-refractivity contribution in [3.05, 3.63) is 56.2 Å². The molecule has 0 aliphatic carbocycles. The minimum Gasteiger partial charge on any atom is -1.00 e. The summed E-state index contributed by atoms with van der Waals surface area (Å²) in [5, 5.41) is 8.89. The fourth-order valence-electron chi connectivity index (χ4n) is 2.42. The van der Waals surface area contributed by atoms with Gasteiger partial charge in [-0.2, -0.15) is 0 Å². The summed E-state index contributed by atoms with van der Waals surface area (Å²) in [6.07, 6.45) is 26.4. The molecule has 0 saturated carbocycles. The van der Waals surface area contributed by atoms with Gasteiger partial charge in [-0.15, -0.1) is 12.8 Å². The van der Waals surface area contributed by atoms with Crippen molar-refractivity contribution in [2.24, 2.45) is 21.1 Å². The summed E-state index contributed by atoms with van der Waals surface area (Å²) in [5.74, 6) is -1.08. The molecule has 0 aliphatic rings. The van der Waals surface area contributed by atoms with Gasteiger partial charge in [0.1, 0.15) is 37.2 Å². The first-order chi connectivity index (χ1) is 18.3. The molecule has 3 aromatic heterocycles. The number of aliphatic carboxylic acids is 1. The number of phosphoric ester groups is 1. The van der Waals surface area contributed by atoms with Gasteiger partial charge < -0.3 is 36.2 Å². The molecule has 3 heterocycles. The number of phosphoric acid groups is 1. The molecule has 14 heteroatoms. The lowest BCUT2D eigenvalue weighted by atomic mass is 10.7. The molecule has 3 rings (SSSR count). The molecule has 0 unspecified atom stereocenters. The third-order valence-corrected chi connectivity index (χ3v) is 5.29. The van der Waals surface area contributed by atoms with Gasteiger partial charge in [0.25, 0.3) is 7.82 Å². The first kappa shape index (κ1) is 44.1. The van der Waals surface area contributed by atoms with Crippen LogP contribution in [-0.4, -0.2) is 32.9 Å². The number of terminal acetylenes is 1. The van der Waals surface area contributed by atoms with Gasteiger partial charge in [0.2, 0.25) is 19.0 Å². The number of hydrogen-bond acceptors (Lipinski definition) is 6. The van der Waals surface area contributed by atoms with Crippen molar-refractivity contribution in [3.63, 3.8) is 0 Å². The standard InChI is InChI=1S/3C6H11N2.C4H11O4P.C2H4O2.C2H2.ClH/c3*1-3-8-5-4-7(2)6-8;1-3-7-9(5,6)8-4-2;1-2(3)4;1-2;/h3*4-6H,3H2,1-2H3;3-4H2,1-2H3,(H,5,6);1H3,(H,3,4);1-2H;1H/q3*+1;;;;/p-3. The summed E-state index contributed by atoms with van der Waals surface area (Å²) in [7, 11) is 2.12. The van der Waals surface area contributed by atoms with E-state index in [-0.39, 0.29) is 25.6 Å². The Morgan fingerprint density at radius 3 is 1.07 bits per heavy atom. The third-order valence-electron chi connectivity index (χ3n) is 4.14. The van der Waals surface area contributed by atoms with Crippen LogP contribution in [0.4, 0.5) is 0 Å². The number of nitrogens with zero attached hydrogens (tertiary/aromatic N) is 6. The highest BCUT2D eigenvalue weighted by Crippen LogP contribution is 2.37. The van der Waals surface area contributed by atoms with Crippen molar-refractivity contribution in [1.29, 1.82) is 0 Å². The number of carboxylic acid groups (broad SMARTS) is 1. The van der Waals surface area contributed by atoms with E-state index in [4.69, 9.17) is 9.90 Å². The molecular weight excluding hydrogens is 559 g/mol. The molecule has 0 fully saturated rings. The van der Waals surface area contributed by atoms with E-state index >= 15 is 0 Å². The summed E-state index contributed by atoms with van der Waals surface area (Å²) in [6, 6.07) is 0. The van der Waals surface area contributed by atoms with E-state index in [2.05, 4.69) is 93.9 Å². The molecule has 40 heavy (non-hydrogen) atoms. The van der Waals surface area contributed by atoms with Crippen molar-refractivity contribution in [2.75, 3.05) is 13.2 Å². The van der Waals surface area contributed by atoms with Gasteiger partial charge in [0.05, 0.1) is 54.0 Å². The Balaban J connectivity index is -0.000000201. The molecule has 3 aromatic rings. The Bertz CT molecular complexity index is 957. The molecule has 230 valence electrons. The van der Waals surface area contributed by atoms with E-state index in [0.717, 1.165) is 26.6 Å². The van der Waals surface area contributed by atoms with Gasteiger partial charge in [-0.05, 0) is 41.5 Å². The van der Waals surface area contributed by atoms with Crippen LogP contribution in [-0.2, 0) is 59.2 Å². The molecule has 0 amide bonds. The van der Waals surface area contributed by atoms with E-state index < -0.39 is 13.8 Å². The highest BCUT2D eigenvalue weighted by molar-refractivity contribution is 7.45. The zero-order chi connectivity index (χ0) is 30.9. The van der Waals surface area contributed by atoms with Crippen LogP contribution in [0.25, 0.3) is 0 Å². The number of aromatic nitrogens is 6. The van der Waals surface area contributed by atoms with Gasteiger partial charge in [-0.25, -0.2) is 27.4 Å². The first-order valence-electron chi connectivity index (χ1n) is 12.5. The van der Waals surface area contributed by atoms with Crippen LogP contribution < -0.4 is 36.1 Å². The van der Waals surface area contributed by atoms with Gasteiger partial charge in [0, 0.05) is 5.97 Å². The lowest BCUT2D eigenvalue weighted by Crippen LogP contribution is -3.00. The first-order valence-corrected chi connectivity index (χ1v) is 13.9. The third kappa shape index (κ3) is 28.1. The minimum atomic E-state index is -3.94. The van der Waals surface area contributed by atoms with Gasteiger partial charge >= 0.3 is 0 Å². The average Bonchev–Trinajstić information content (AvgIpc) is 3.62. The second-order valence-electron chi connectivity index (χ2n) is 7.50. The highest BCUT2D eigenvalue weighted by Gasteiger charge is 2.04. The molecule has 0 aromatic carbocycles. The van der Waals surface area contributed by atoms with Crippen LogP contribution in [0.3, 0.4) is 0 Å². The van der Waals surface area contributed by atoms with Gasteiger partial charge in [-0.3, -0.25) is 4.57 Å². The normalized spacial score (nSPS) is 9.20. The van der Waals surface area contributed by atoms with Crippen LogP contribution >= 0.6 is 7.82 Å². The number of carbonyl (C=O) groups is 1. The molecule has 0 spiro atoms. The number of halogens is 1. The number of imidazole rings is 3. The largest absolute Gasteiger partial charge is 1.00 e. The van der Waals surface area contributed by atoms with Crippen molar-refractivity contribution in [1.82, 2.24) is 13.7 Å². The van der Waals surface area contributed by atoms with Crippen molar-refractivity contribution in [3.8, 4) is 12.8 Å². The molecular formula is C26H48ClN6O6P. The Labute approximate surface area is 246 Å². The smallest absolute Gasteiger partial charge is 0.267 e. The quantitative estimate of drug-likeness (QED) is 0.167. The molecule has 0 saturated heterocycles. The number of carbonyl (C=O) groups excluding carboxylic acids is 1. The number of hydrogen-bond donors (Lipinski definition) is 0. The molecule has 0 bridgehead atoms. The van der Waals surface area contributed by atoms with E-state index in [1.807, 2.05) is 53.4 Å². The Hall–Kier alpha value is -2.94. The summed E-state index contributed by atoms with van der Waals surface area (Å²) in [5.41, 5.74) is 0. The Kier molecular flexibility index (Phi) is 30.4. The van der Waals surface area contributed by atoms with Crippen LogP contribution in [0, 0.1) is 12.8 Å². The maximum absolute atomic E-state index is 10.4. The van der Waals surface area contributed by atoms with Crippen molar-refractivity contribution >= 4 is 13.8 Å². The fraction of sp³-hybridized carbons (Fsp3) is 0.538.